The summed E-state index contributed by atoms with van der Waals surface area (Å²) in [6.07, 6.45) is 3.60. The number of oxime groups is 1. The lowest BCUT2D eigenvalue weighted by Crippen LogP contribution is -2.46. The highest BCUT2D eigenvalue weighted by Crippen LogP contribution is 2.49. The van der Waals surface area contributed by atoms with Crippen molar-refractivity contribution in [2.45, 2.75) is 5.60 Å². The van der Waals surface area contributed by atoms with E-state index in [1.54, 1.807) is 49.6 Å². The second kappa shape index (κ2) is 7.81. The number of fused-ring (bicyclic) bond motifs is 2. The molecule has 0 fully saturated rings. The summed E-state index contributed by atoms with van der Waals surface area (Å²) in [6, 6.07) is 23.7. The van der Waals surface area contributed by atoms with Crippen molar-refractivity contribution >= 4 is 29.2 Å². The standard InChI is InChI=1S/C26H20N2O4/c1-31-19-14-12-18(13-15-19)24(29)23-22(16-11-17-7-3-2-4-8-17)28-32-26(23)20-9-5-6-10-21(20)27-25(26)30/h2-16,23H,1H3,(H,27,30)/b16-11+. The quantitative estimate of drug-likeness (QED) is 0.615. The average molecular weight is 424 g/mol. The normalized spacial score (nSPS) is 21.2. The number of nitrogens with one attached hydrogen (secondary N) is 1. The summed E-state index contributed by atoms with van der Waals surface area (Å²) in [4.78, 5) is 32.8. The largest absolute Gasteiger partial charge is 0.497 e. The molecule has 6 heteroatoms. The van der Waals surface area contributed by atoms with Crippen molar-refractivity contribution in [2.75, 3.05) is 12.4 Å². The maximum atomic E-state index is 13.8. The first-order valence-corrected chi connectivity index (χ1v) is 10.2. The van der Waals surface area contributed by atoms with Crippen LogP contribution in [0.4, 0.5) is 5.69 Å². The van der Waals surface area contributed by atoms with Crippen LogP contribution in [0.1, 0.15) is 21.5 Å². The number of allylic oxidation sites excluding steroid dienone is 1. The van der Waals surface area contributed by atoms with Crippen LogP contribution in [0.15, 0.2) is 90.1 Å². The molecule has 0 saturated heterocycles. The molecular weight excluding hydrogens is 404 g/mol. The molecule has 2 aliphatic heterocycles. The Kier molecular flexibility index (Phi) is 4.82. The molecule has 5 rings (SSSR count). The van der Waals surface area contributed by atoms with Crippen LogP contribution in [0.25, 0.3) is 6.08 Å². The number of carbonyl (C=O) groups is 2. The topological polar surface area (TPSA) is 77.0 Å². The van der Waals surface area contributed by atoms with Crippen LogP contribution < -0.4 is 10.1 Å². The third-order valence-corrected chi connectivity index (χ3v) is 5.79. The molecule has 0 bridgehead atoms. The van der Waals surface area contributed by atoms with E-state index in [2.05, 4.69) is 10.5 Å². The number of carbonyl (C=O) groups excluding carboxylic acids is 2. The molecule has 2 aliphatic rings. The van der Waals surface area contributed by atoms with E-state index < -0.39 is 17.4 Å². The van der Waals surface area contributed by atoms with E-state index in [0.717, 1.165) is 5.56 Å². The highest BCUT2D eigenvalue weighted by molar-refractivity contribution is 6.23. The van der Waals surface area contributed by atoms with Crippen LogP contribution in [0.3, 0.4) is 0 Å². The molecule has 2 atom stereocenters. The van der Waals surface area contributed by atoms with Crippen molar-refractivity contribution < 1.29 is 19.2 Å². The van der Waals surface area contributed by atoms with Gasteiger partial charge in [0.1, 0.15) is 11.7 Å². The van der Waals surface area contributed by atoms with E-state index >= 15 is 0 Å². The second-order valence-corrected chi connectivity index (χ2v) is 7.61. The van der Waals surface area contributed by atoms with E-state index in [9.17, 15) is 9.59 Å². The van der Waals surface area contributed by atoms with E-state index in [1.165, 1.54) is 0 Å². The summed E-state index contributed by atoms with van der Waals surface area (Å²) in [5.74, 6) is -0.967. The number of ketones is 1. The lowest BCUT2D eigenvalue weighted by molar-refractivity contribution is -0.140. The van der Waals surface area contributed by atoms with Gasteiger partial charge in [-0.2, -0.15) is 0 Å². The minimum Gasteiger partial charge on any atom is -0.497 e. The second-order valence-electron chi connectivity index (χ2n) is 7.61. The van der Waals surface area contributed by atoms with Crippen LogP contribution in [-0.4, -0.2) is 24.5 Å². The van der Waals surface area contributed by atoms with Gasteiger partial charge in [-0.1, -0.05) is 59.8 Å². The monoisotopic (exact) mass is 424 g/mol. The van der Waals surface area contributed by atoms with Crippen LogP contribution in [0.5, 0.6) is 5.75 Å². The molecule has 0 aromatic heterocycles. The fourth-order valence-electron chi connectivity index (χ4n) is 4.18. The highest BCUT2D eigenvalue weighted by atomic mass is 16.7. The number of para-hydroxylation sites is 1. The summed E-state index contributed by atoms with van der Waals surface area (Å²) in [5, 5.41) is 7.07. The molecule has 3 aromatic rings. The fourth-order valence-corrected chi connectivity index (χ4v) is 4.18. The van der Waals surface area contributed by atoms with Gasteiger partial charge in [-0.15, -0.1) is 0 Å². The molecule has 1 amide bonds. The third-order valence-electron chi connectivity index (χ3n) is 5.79. The Labute approximate surface area is 185 Å². The Bertz CT molecular complexity index is 1250. The van der Waals surface area contributed by atoms with Crippen LogP contribution in [0, 0.1) is 5.92 Å². The minimum absolute atomic E-state index is 0.256. The number of hydrogen-bond acceptors (Lipinski definition) is 5. The van der Waals surface area contributed by atoms with Gasteiger partial charge in [0.25, 0.3) is 11.5 Å². The number of amides is 1. The van der Waals surface area contributed by atoms with Crippen LogP contribution in [-0.2, 0) is 15.2 Å². The van der Waals surface area contributed by atoms with Gasteiger partial charge in [0, 0.05) is 16.8 Å². The average Bonchev–Trinajstić information content (AvgIpc) is 3.36. The number of benzene rings is 3. The first kappa shape index (κ1) is 19.8. The van der Waals surface area contributed by atoms with E-state index in [4.69, 9.17) is 9.57 Å². The smallest absolute Gasteiger partial charge is 0.277 e. The molecule has 1 N–H and O–H groups in total. The van der Waals surface area contributed by atoms with Crippen molar-refractivity contribution in [3.05, 3.63) is 102 Å². The minimum atomic E-state index is -1.55. The first-order valence-electron chi connectivity index (χ1n) is 10.2. The molecule has 32 heavy (non-hydrogen) atoms. The Morgan fingerprint density at radius 3 is 2.47 bits per heavy atom. The predicted octanol–water partition coefficient (Wildman–Crippen LogP) is 4.44. The molecule has 1 spiro atoms. The first-order chi connectivity index (χ1) is 15.6. The molecule has 0 radical (unpaired) electrons. The summed E-state index contributed by atoms with van der Waals surface area (Å²) < 4.78 is 5.20. The zero-order valence-electron chi connectivity index (χ0n) is 17.3. The SMILES string of the molecule is COc1ccc(C(=O)C2C(/C=C/c3ccccc3)=NOC23C(=O)Nc2ccccc23)cc1. The molecule has 6 nitrogen and oxygen atoms in total. The Morgan fingerprint density at radius 1 is 1.00 bits per heavy atom. The van der Waals surface area contributed by atoms with E-state index in [-0.39, 0.29) is 5.78 Å². The maximum Gasteiger partial charge on any atom is 0.277 e. The summed E-state index contributed by atoms with van der Waals surface area (Å²) in [6.45, 7) is 0. The summed E-state index contributed by atoms with van der Waals surface area (Å²) in [5.41, 5.74) is 1.45. The number of ether oxygens (including phenoxy) is 1. The zero-order chi connectivity index (χ0) is 22.1. The molecule has 0 saturated carbocycles. The van der Waals surface area contributed by atoms with Gasteiger partial charge >= 0.3 is 0 Å². The van der Waals surface area contributed by atoms with Gasteiger partial charge in [-0.3, -0.25) is 9.59 Å². The van der Waals surface area contributed by atoms with Crippen molar-refractivity contribution in [2.24, 2.45) is 11.1 Å². The lowest BCUT2D eigenvalue weighted by Gasteiger charge is -2.26. The number of hydrogen-bond donors (Lipinski definition) is 1. The van der Waals surface area contributed by atoms with Crippen molar-refractivity contribution in [3.8, 4) is 5.75 Å². The zero-order valence-corrected chi connectivity index (χ0v) is 17.3. The number of nitrogens with zero attached hydrogens (tertiary/aromatic N) is 1. The highest BCUT2D eigenvalue weighted by Gasteiger charge is 2.62. The van der Waals surface area contributed by atoms with Gasteiger partial charge in [0.05, 0.1) is 12.8 Å². The number of Topliss-reactive ketones (excluding diaryl/α,β-unsaturated/α-hetero) is 1. The van der Waals surface area contributed by atoms with E-state index in [0.29, 0.717) is 28.3 Å². The lowest BCUT2D eigenvalue weighted by atomic mass is 9.75. The van der Waals surface area contributed by atoms with Gasteiger partial charge in [0.2, 0.25) is 0 Å². The van der Waals surface area contributed by atoms with Gasteiger partial charge < -0.3 is 14.9 Å². The molecular formula is C26H20N2O4. The predicted molar refractivity (Wildman–Crippen MR) is 122 cm³/mol. The summed E-state index contributed by atoms with van der Waals surface area (Å²) in [7, 11) is 1.57. The fraction of sp³-hybridized carbons (Fsp3) is 0.115. The van der Waals surface area contributed by atoms with Gasteiger partial charge in [-0.25, -0.2) is 0 Å². The number of methoxy groups -OCH3 is 1. The maximum absolute atomic E-state index is 13.8. The molecule has 158 valence electrons. The third kappa shape index (κ3) is 3.08. The Morgan fingerprint density at radius 2 is 1.72 bits per heavy atom. The molecule has 3 aromatic carbocycles. The summed E-state index contributed by atoms with van der Waals surface area (Å²) >= 11 is 0. The van der Waals surface area contributed by atoms with Gasteiger partial charge in [-0.05, 0) is 42.0 Å². The number of anilines is 1. The molecule has 2 heterocycles. The Balaban J connectivity index is 1.60. The van der Waals surface area contributed by atoms with Crippen LogP contribution in [0.2, 0.25) is 0 Å². The van der Waals surface area contributed by atoms with Crippen molar-refractivity contribution in [3.63, 3.8) is 0 Å². The van der Waals surface area contributed by atoms with E-state index in [1.807, 2.05) is 48.5 Å². The molecule has 2 unspecified atom stereocenters. The van der Waals surface area contributed by atoms with Crippen molar-refractivity contribution in [1.82, 2.24) is 0 Å². The number of rotatable bonds is 5. The van der Waals surface area contributed by atoms with Crippen LogP contribution >= 0.6 is 0 Å². The van der Waals surface area contributed by atoms with Gasteiger partial charge in [0.15, 0.2) is 5.78 Å². The van der Waals surface area contributed by atoms with Crippen molar-refractivity contribution in [1.29, 1.82) is 0 Å². The molecule has 0 aliphatic carbocycles. The Hall–Kier alpha value is -4.19.